The third-order valence-corrected chi connectivity index (χ3v) is 8.99. The van der Waals surface area contributed by atoms with Crippen LogP contribution < -0.4 is 10.1 Å². The molecule has 4 rings (SSSR count). The Bertz CT molecular complexity index is 1190. The Kier molecular flexibility index (Phi) is 6.88. The minimum atomic E-state index is -6.33. The SMILES string of the molecule is Cl.O=S(=O)(c1ccc(F)cc1)C12CCNCC1COc1cc(C(F)(C(F)(F)F)C(F)(F)F)ccc12. The smallest absolute Gasteiger partial charge is 0.435 e. The van der Waals surface area contributed by atoms with Gasteiger partial charge in [-0.1, -0.05) is 12.1 Å². The highest BCUT2D eigenvalue weighted by Crippen LogP contribution is 2.56. The van der Waals surface area contributed by atoms with Crippen LogP contribution in [0, 0.1) is 11.7 Å². The summed E-state index contributed by atoms with van der Waals surface area (Å²) in [5.74, 6) is -2.05. The molecule has 0 aromatic heterocycles. The van der Waals surface area contributed by atoms with Gasteiger partial charge < -0.3 is 10.1 Å². The van der Waals surface area contributed by atoms with Crippen molar-refractivity contribution in [2.45, 2.75) is 34.1 Å². The molecule has 1 fully saturated rings. The van der Waals surface area contributed by atoms with Crippen molar-refractivity contribution in [2.75, 3.05) is 19.7 Å². The maximum absolute atomic E-state index is 14.6. The maximum atomic E-state index is 14.6. The molecule has 0 radical (unpaired) electrons. The second kappa shape index (κ2) is 8.77. The number of ether oxygens (including phenoxy) is 1. The standard InChI is InChI=1S/C21H17F8NO3S.ClH/c22-14-2-4-15(5-3-14)34(31,32)18-7-8-30-10-13(18)11-33-17-9-12(1-6-16(17)18)19(23,20(24,25)26)21(27,28)29;/h1-6,9,13,30H,7-8,10-11H2;1H. The van der Waals surface area contributed by atoms with Gasteiger partial charge in [0.1, 0.15) is 16.3 Å². The average molecular weight is 552 g/mol. The molecule has 2 aliphatic heterocycles. The fraction of sp³-hybridized carbons (Fsp3) is 0.429. The van der Waals surface area contributed by atoms with Gasteiger partial charge in [-0.05, 0) is 43.3 Å². The summed E-state index contributed by atoms with van der Waals surface area (Å²) in [5.41, 5.74) is -7.63. The molecule has 0 bridgehead atoms. The van der Waals surface area contributed by atoms with E-state index in [9.17, 15) is 43.5 Å². The molecule has 2 heterocycles. The molecule has 2 aliphatic rings. The van der Waals surface area contributed by atoms with Crippen LogP contribution in [0.15, 0.2) is 47.4 Å². The molecule has 0 amide bonds. The molecule has 2 aromatic carbocycles. The summed E-state index contributed by atoms with van der Waals surface area (Å²) in [6.45, 7) is -0.0722. The number of fused-ring (bicyclic) bond motifs is 3. The number of hydrogen-bond acceptors (Lipinski definition) is 4. The van der Waals surface area contributed by atoms with Gasteiger partial charge in [-0.25, -0.2) is 17.2 Å². The molecule has 1 saturated heterocycles. The summed E-state index contributed by atoms with van der Waals surface area (Å²) in [6, 6.07) is 5.20. The molecule has 4 nitrogen and oxygen atoms in total. The Morgan fingerprint density at radius 1 is 0.943 bits per heavy atom. The Morgan fingerprint density at radius 3 is 2.11 bits per heavy atom. The molecule has 0 spiro atoms. The quantitative estimate of drug-likeness (QED) is 0.420. The van der Waals surface area contributed by atoms with Crippen molar-refractivity contribution in [2.24, 2.45) is 5.92 Å². The minimum Gasteiger partial charge on any atom is -0.493 e. The van der Waals surface area contributed by atoms with Gasteiger partial charge in [0.2, 0.25) is 0 Å². The van der Waals surface area contributed by atoms with E-state index in [0.717, 1.165) is 30.3 Å². The number of benzene rings is 2. The van der Waals surface area contributed by atoms with Crippen molar-refractivity contribution in [1.82, 2.24) is 5.32 Å². The molecular formula is C21H18ClF8NO3S. The van der Waals surface area contributed by atoms with E-state index >= 15 is 0 Å². The van der Waals surface area contributed by atoms with Gasteiger partial charge in [-0.2, -0.15) is 26.3 Å². The fourth-order valence-electron chi connectivity index (χ4n) is 4.67. The van der Waals surface area contributed by atoms with E-state index in [1.54, 1.807) is 0 Å². The predicted octanol–water partition coefficient (Wildman–Crippen LogP) is 5.21. The summed E-state index contributed by atoms with van der Waals surface area (Å²) in [7, 11) is -4.34. The summed E-state index contributed by atoms with van der Waals surface area (Å²) < 4.78 is 139. The zero-order valence-corrected chi connectivity index (χ0v) is 19.1. The highest BCUT2D eigenvalue weighted by molar-refractivity contribution is 7.92. The summed E-state index contributed by atoms with van der Waals surface area (Å²) in [4.78, 5) is -0.275. The van der Waals surface area contributed by atoms with E-state index in [-0.39, 0.29) is 61.1 Å². The van der Waals surface area contributed by atoms with Gasteiger partial charge in [0.25, 0.3) is 0 Å². The first kappa shape index (κ1) is 27.5. The lowest BCUT2D eigenvalue weighted by atomic mass is 9.77. The first-order chi connectivity index (χ1) is 15.7. The summed E-state index contributed by atoms with van der Waals surface area (Å²) in [5, 5.41) is 2.99. The lowest BCUT2D eigenvalue weighted by Crippen LogP contribution is -2.56. The van der Waals surface area contributed by atoms with Crippen LogP contribution in [0.25, 0.3) is 0 Å². The molecule has 14 heteroatoms. The Labute approximate surface area is 201 Å². The monoisotopic (exact) mass is 551 g/mol. The zero-order valence-electron chi connectivity index (χ0n) is 17.5. The Balaban J connectivity index is 0.00000342. The third-order valence-electron chi connectivity index (χ3n) is 6.38. The molecule has 35 heavy (non-hydrogen) atoms. The van der Waals surface area contributed by atoms with Crippen molar-refractivity contribution in [1.29, 1.82) is 0 Å². The molecule has 2 unspecified atom stereocenters. The number of hydrogen-bond donors (Lipinski definition) is 1. The largest absolute Gasteiger partial charge is 0.493 e. The summed E-state index contributed by atoms with van der Waals surface area (Å²) in [6.07, 6.45) is -12.8. The minimum absolute atomic E-state index is 0. The van der Waals surface area contributed by atoms with Crippen molar-refractivity contribution >= 4 is 22.2 Å². The van der Waals surface area contributed by atoms with Gasteiger partial charge in [0.05, 0.1) is 11.5 Å². The molecule has 194 valence electrons. The average Bonchev–Trinajstić information content (AvgIpc) is 2.76. The van der Waals surface area contributed by atoms with E-state index in [0.29, 0.717) is 0 Å². The van der Waals surface area contributed by atoms with Gasteiger partial charge in [-0.3, -0.25) is 0 Å². The first-order valence-electron chi connectivity index (χ1n) is 9.97. The van der Waals surface area contributed by atoms with Gasteiger partial charge in [0, 0.05) is 23.6 Å². The lowest BCUT2D eigenvalue weighted by molar-refractivity contribution is -0.348. The van der Waals surface area contributed by atoms with E-state index in [1.807, 2.05) is 0 Å². The van der Waals surface area contributed by atoms with Crippen molar-refractivity contribution in [3.8, 4) is 5.75 Å². The van der Waals surface area contributed by atoms with Crippen LogP contribution in [0.2, 0.25) is 0 Å². The van der Waals surface area contributed by atoms with Crippen LogP contribution in [-0.2, 0) is 20.3 Å². The van der Waals surface area contributed by atoms with E-state index < -0.39 is 55.7 Å². The molecule has 0 saturated carbocycles. The number of piperidine rings is 1. The highest BCUT2D eigenvalue weighted by Gasteiger charge is 2.73. The van der Waals surface area contributed by atoms with Gasteiger partial charge >= 0.3 is 18.0 Å². The van der Waals surface area contributed by atoms with Crippen LogP contribution in [0.4, 0.5) is 35.1 Å². The zero-order chi connectivity index (χ0) is 25.2. The van der Waals surface area contributed by atoms with Crippen molar-refractivity contribution in [3.05, 3.63) is 59.4 Å². The van der Waals surface area contributed by atoms with Crippen LogP contribution in [0.5, 0.6) is 5.75 Å². The topological polar surface area (TPSA) is 55.4 Å². The van der Waals surface area contributed by atoms with Crippen LogP contribution in [-0.4, -0.2) is 40.5 Å². The first-order valence-corrected chi connectivity index (χ1v) is 11.5. The Morgan fingerprint density at radius 2 is 1.54 bits per heavy atom. The van der Waals surface area contributed by atoms with E-state index in [1.165, 1.54) is 0 Å². The number of nitrogens with one attached hydrogen (secondary N) is 1. The van der Waals surface area contributed by atoms with Crippen LogP contribution in [0.3, 0.4) is 0 Å². The highest BCUT2D eigenvalue weighted by atomic mass is 35.5. The van der Waals surface area contributed by atoms with Crippen LogP contribution in [0.1, 0.15) is 17.5 Å². The number of sulfone groups is 1. The molecule has 1 N–H and O–H groups in total. The molecule has 2 atom stereocenters. The second-order valence-electron chi connectivity index (χ2n) is 8.17. The number of alkyl halides is 7. The lowest BCUT2D eigenvalue weighted by Gasteiger charge is -2.47. The van der Waals surface area contributed by atoms with E-state index in [2.05, 4.69) is 5.32 Å². The summed E-state index contributed by atoms with van der Waals surface area (Å²) >= 11 is 0. The second-order valence-corrected chi connectivity index (χ2v) is 10.4. The van der Waals surface area contributed by atoms with Crippen molar-refractivity contribution in [3.63, 3.8) is 0 Å². The fourth-order valence-corrected chi connectivity index (χ4v) is 7.01. The predicted molar refractivity (Wildman–Crippen MR) is 110 cm³/mol. The maximum Gasteiger partial charge on any atom is 0.435 e. The number of halogens is 9. The molecular weight excluding hydrogens is 534 g/mol. The normalized spacial score (nSPS) is 22.9. The van der Waals surface area contributed by atoms with Crippen LogP contribution >= 0.6 is 12.4 Å². The van der Waals surface area contributed by atoms with E-state index in [4.69, 9.17) is 4.74 Å². The molecule has 0 aliphatic carbocycles. The van der Waals surface area contributed by atoms with Gasteiger partial charge in [0.15, 0.2) is 9.84 Å². The third kappa shape index (κ3) is 3.95. The van der Waals surface area contributed by atoms with Crippen molar-refractivity contribution < 1.29 is 48.3 Å². The molecule has 2 aromatic rings. The Hall–Kier alpha value is -2.12. The number of rotatable bonds is 3. The van der Waals surface area contributed by atoms with Gasteiger partial charge in [-0.15, -0.1) is 12.4 Å².